The fraction of sp³-hybridized carbons (Fsp3) is 0.722. The van der Waals surface area contributed by atoms with Crippen molar-refractivity contribution in [1.82, 2.24) is 15.5 Å². The summed E-state index contributed by atoms with van der Waals surface area (Å²) in [5.74, 6) is 2.90. The molecule has 1 aromatic rings. The Labute approximate surface area is 162 Å². The number of halogens is 1. The van der Waals surface area contributed by atoms with Crippen molar-refractivity contribution in [2.45, 2.75) is 44.6 Å². The van der Waals surface area contributed by atoms with Crippen LogP contribution in [-0.4, -0.2) is 44.1 Å². The maximum atomic E-state index is 5.69. The lowest BCUT2D eigenvalue weighted by atomic mass is 10.1. The van der Waals surface area contributed by atoms with E-state index < -0.39 is 0 Å². The van der Waals surface area contributed by atoms with E-state index in [4.69, 9.17) is 4.42 Å². The van der Waals surface area contributed by atoms with Crippen molar-refractivity contribution in [2.24, 2.45) is 10.9 Å². The van der Waals surface area contributed by atoms with Crippen LogP contribution in [0.5, 0.6) is 0 Å². The SMILES string of the molecule is CN=C(NCCC1CC1)NCC(c1ccco1)N1CCCCC1.I. The lowest BCUT2D eigenvalue weighted by molar-refractivity contribution is 0.146. The maximum Gasteiger partial charge on any atom is 0.191 e. The number of rotatable bonds is 7. The first-order chi connectivity index (χ1) is 11.4. The molecule has 6 heteroatoms. The third-order valence-corrected chi connectivity index (χ3v) is 4.93. The normalized spacial score (nSPS) is 20.3. The van der Waals surface area contributed by atoms with E-state index in [9.17, 15) is 0 Å². The van der Waals surface area contributed by atoms with Crippen molar-refractivity contribution in [3.63, 3.8) is 0 Å². The molecular formula is C18H31IN4O. The monoisotopic (exact) mass is 446 g/mol. The van der Waals surface area contributed by atoms with Crippen LogP contribution < -0.4 is 10.6 Å². The Morgan fingerprint density at radius 2 is 2.08 bits per heavy atom. The minimum absolute atomic E-state index is 0. The van der Waals surface area contributed by atoms with Gasteiger partial charge in [-0.25, -0.2) is 0 Å². The molecule has 24 heavy (non-hydrogen) atoms. The quantitative estimate of drug-likeness (QED) is 0.383. The molecular weight excluding hydrogens is 415 g/mol. The number of guanidine groups is 1. The molecule has 3 rings (SSSR count). The van der Waals surface area contributed by atoms with Crippen LogP contribution in [0.15, 0.2) is 27.8 Å². The van der Waals surface area contributed by atoms with Gasteiger partial charge in [-0.1, -0.05) is 19.3 Å². The molecule has 2 N–H and O–H groups in total. The Hall–Kier alpha value is -0.760. The molecule has 1 unspecified atom stereocenters. The number of furan rings is 1. The van der Waals surface area contributed by atoms with Gasteiger partial charge in [-0.15, -0.1) is 24.0 Å². The number of nitrogens with one attached hydrogen (secondary N) is 2. The standard InChI is InChI=1S/C18H30N4O.HI/c1-19-18(20-10-9-15-7-8-15)21-14-16(17-6-5-13-23-17)22-11-3-2-4-12-22;/h5-6,13,15-16H,2-4,7-12,14H2,1H3,(H2,19,20,21);1H. The molecule has 1 atom stereocenters. The van der Waals surface area contributed by atoms with E-state index in [1.54, 1.807) is 6.26 Å². The second-order valence-corrected chi connectivity index (χ2v) is 6.74. The third-order valence-electron chi connectivity index (χ3n) is 4.93. The molecule has 0 bridgehead atoms. The molecule has 0 aromatic carbocycles. The van der Waals surface area contributed by atoms with Crippen LogP contribution in [0.25, 0.3) is 0 Å². The number of likely N-dealkylation sites (tertiary alicyclic amines) is 1. The zero-order valence-corrected chi connectivity index (χ0v) is 17.0. The molecule has 2 aliphatic rings. The van der Waals surface area contributed by atoms with Gasteiger partial charge in [-0.05, 0) is 50.4 Å². The number of hydrogen-bond acceptors (Lipinski definition) is 3. The topological polar surface area (TPSA) is 52.8 Å². The fourth-order valence-corrected chi connectivity index (χ4v) is 3.34. The second kappa shape index (κ2) is 10.3. The highest BCUT2D eigenvalue weighted by molar-refractivity contribution is 14.0. The fourth-order valence-electron chi connectivity index (χ4n) is 3.34. The third kappa shape index (κ3) is 5.95. The Kier molecular flexibility index (Phi) is 8.38. The predicted octanol–water partition coefficient (Wildman–Crippen LogP) is 3.39. The largest absolute Gasteiger partial charge is 0.468 e. The number of aliphatic imine (C=N–C) groups is 1. The van der Waals surface area contributed by atoms with Gasteiger partial charge >= 0.3 is 0 Å². The molecule has 0 amide bonds. The zero-order valence-electron chi connectivity index (χ0n) is 14.7. The van der Waals surface area contributed by atoms with Crippen LogP contribution in [0.1, 0.15) is 50.3 Å². The van der Waals surface area contributed by atoms with E-state index in [1.807, 2.05) is 13.1 Å². The average molecular weight is 446 g/mol. The van der Waals surface area contributed by atoms with Gasteiger partial charge in [0.1, 0.15) is 5.76 Å². The van der Waals surface area contributed by atoms with Crippen LogP contribution >= 0.6 is 24.0 Å². The summed E-state index contributed by atoms with van der Waals surface area (Å²) in [6.07, 6.45) is 9.76. The van der Waals surface area contributed by atoms with Gasteiger partial charge in [0, 0.05) is 20.1 Å². The molecule has 136 valence electrons. The number of nitrogens with zero attached hydrogens (tertiary/aromatic N) is 2. The van der Waals surface area contributed by atoms with Crippen LogP contribution in [0.3, 0.4) is 0 Å². The van der Waals surface area contributed by atoms with Gasteiger partial charge in [0.25, 0.3) is 0 Å². The summed E-state index contributed by atoms with van der Waals surface area (Å²) in [7, 11) is 1.84. The molecule has 1 saturated carbocycles. The zero-order chi connectivity index (χ0) is 15.9. The van der Waals surface area contributed by atoms with E-state index in [0.717, 1.165) is 43.8 Å². The summed E-state index contributed by atoms with van der Waals surface area (Å²) >= 11 is 0. The van der Waals surface area contributed by atoms with Gasteiger partial charge in [0.2, 0.25) is 0 Å². The van der Waals surface area contributed by atoms with E-state index >= 15 is 0 Å². The Morgan fingerprint density at radius 1 is 1.29 bits per heavy atom. The molecule has 0 radical (unpaired) electrons. The Balaban J connectivity index is 0.00000208. The second-order valence-electron chi connectivity index (χ2n) is 6.74. The van der Waals surface area contributed by atoms with E-state index in [-0.39, 0.29) is 30.0 Å². The first kappa shape index (κ1) is 19.6. The summed E-state index contributed by atoms with van der Waals surface area (Å²) in [5, 5.41) is 6.92. The smallest absolute Gasteiger partial charge is 0.191 e. The molecule has 1 aromatic heterocycles. The Morgan fingerprint density at radius 3 is 2.71 bits per heavy atom. The number of piperidine rings is 1. The molecule has 1 aliphatic heterocycles. The van der Waals surface area contributed by atoms with Gasteiger partial charge in [0.05, 0.1) is 12.3 Å². The van der Waals surface area contributed by atoms with E-state index in [1.165, 1.54) is 38.5 Å². The first-order valence-electron chi connectivity index (χ1n) is 9.09. The summed E-state index contributed by atoms with van der Waals surface area (Å²) < 4.78 is 5.69. The molecule has 1 saturated heterocycles. The van der Waals surface area contributed by atoms with E-state index in [0.29, 0.717) is 0 Å². The average Bonchev–Trinajstić information content (AvgIpc) is 3.26. The van der Waals surface area contributed by atoms with Crippen molar-refractivity contribution >= 4 is 29.9 Å². The predicted molar refractivity (Wildman–Crippen MR) is 109 cm³/mol. The minimum atomic E-state index is 0. The van der Waals surface area contributed by atoms with Gasteiger partial charge in [0.15, 0.2) is 5.96 Å². The van der Waals surface area contributed by atoms with Crippen LogP contribution in [0.4, 0.5) is 0 Å². The summed E-state index contributed by atoms with van der Waals surface area (Å²) in [5.41, 5.74) is 0. The van der Waals surface area contributed by atoms with Crippen LogP contribution in [0.2, 0.25) is 0 Å². The molecule has 1 aliphatic carbocycles. The lowest BCUT2D eigenvalue weighted by Crippen LogP contribution is -2.44. The van der Waals surface area contributed by atoms with E-state index in [2.05, 4.69) is 26.6 Å². The molecule has 0 spiro atoms. The lowest BCUT2D eigenvalue weighted by Gasteiger charge is -2.33. The highest BCUT2D eigenvalue weighted by Gasteiger charge is 2.25. The van der Waals surface area contributed by atoms with Gasteiger partial charge < -0.3 is 15.1 Å². The summed E-state index contributed by atoms with van der Waals surface area (Å²) in [6, 6.07) is 4.35. The van der Waals surface area contributed by atoms with Crippen molar-refractivity contribution in [3.05, 3.63) is 24.2 Å². The minimum Gasteiger partial charge on any atom is -0.468 e. The maximum absolute atomic E-state index is 5.69. The van der Waals surface area contributed by atoms with Crippen molar-refractivity contribution < 1.29 is 4.42 Å². The van der Waals surface area contributed by atoms with Crippen LogP contribution in [-0.2, 0) is 0 Å². The Bertz CT molecular complexity index is 481. The van der Waals surface area contributed by atoms with Crippen LogP contribution in [0, 0.1) is 5.92 Å². The highest BCUT2D eigenvalue weighted by Crippen LogP contribution is 2.31. The van der Waals surface area contributed by atoms with Gasteiger partial charge in [-0.3, -0.25) is 9.89 Å². The number of hydrogen-bond donors (Lipinski definition) is 2. The van der Waals surface area contributed by atoms with Crippen molar-refractivity contribution in [3.8, 4) is 0 Å². The van der Waals surface area contributed by atoms with Crippen molar-refractivity contribution in [1.29, 1.82) is 0 Å². The highest BCUT2D eigenvalue weighted by atomic mass is 127. The molecule has 5 nitrogen and oxygen atoms in total. The first-order valence-corrected chi connectivity index (χ1v) is 9.09. The summed E-state index contributed by atoms with van der Waals surface area (Å²) in [6.45, 7) is 4.15. The molecule has 2 fully saturated rings. The summed E-state index contributed by atoms with van der Waals surface area (Å²) in [4.78, 5) is 6.88. The van der Waals surface area contributed by atoms with Crippen molar-refractivity contribution in [2.75, 3.05) is 33.2 Å². The van der Waals surface area contributed by atoms with Gasteiger partial charge in [-0.2, -0.15) is 0 Å². The molecule has 2 heterocycles.